The lowest BCUT2D eigenvalue weighted by Crippen LogP contribution is -2.45. The van der Waals surface area contributed by atoms with Crippen molar-refractivity contribution in [2.24, 2.45) is 11.3 Å². The molecule has 0 spiro atoms. The van der Waals surface area contributed by atoms with E-state index in [2.05, 4.69) is 5.32 Å². The van der Waals surface area contributed by atoms with Crippen molar-refractivity contribution in [2.75, 3.05) is 13.1 Å². The summed E-state index contributed by atoms with van der Waals surface area (Å²) in [6, 6.07) is 0.108. The first kappa shape index (κ1) is 14.2. The quantitative estimate of drug-likeness (QED) is 0.802. The summed E-state index contributed by atoms with van der Waals surface area (Å²) in [5.74, 6) is -0.147. The lowest BCUT2D eigenvalue weighted by Gasteiger charge is -2.25. The van der Waals surface area contributed by atoms with Crippen LogP contribution in [0.4, 0.5) is 4.79 Å². The van der Waals surface area contributed by atoms with Gasteiger partial charge < -0.3 is 15.3 Å². The molecule has 1 aliphatic carbocycles. The highest BCUT2D eigenvalue weighted by molar-refractivity contribution is 5.79. The fourth-order valence-corrected chi connectivity index (χ4v) is 3.01. The number of carboxylic acid groups (broad SMARTS) is 1. The molecule has 2 aliphatic rings. The summed E-state index contributed by atoms with van der Waals surface area (Å²) in [4.78, 5) is 25.3. The van der Waals surface area contributed by atoms with Gasteiger partial charge in [0.05, 0.1) is 5.41 Å². The third-order valence-corrected chi connectivity index (χ3v) is 4.50. The highest BCUT2D eigenvalue weighted by atomic mass is 16.4. The van der Waals surface area contributed by atoms with Gasteiger partial charge in [0.1, 0.15) is 0 Å². The number of amides is 2. The molecule has 1 saturated heterocycles. The van der Waals surface area contributed by atoms with Crippen LogP contribution in [0.2, 0.25) is 0 Å². The lowest BCUT2D eigenvalue weighted by atomic mass is 9.83. The SMILES string of the molecule is CCCC1(C(=O)O)CCN(C(=O)NC(C)C2CC2)C1. The van der Waals surface area contributed by atoms with E-state index in [4.69, 9.17) is 0 Å². The monoisotopic (exact) mass is 268 g/mol. The van der Waals surface area contributed by atoms with E-state index in [0.29, 0.717) is 31.8 Å². The molecule has 2 N–H and O–H groups in total. The van der Waals surface area contributed by atoms with Crippen LogP contribution in [0.5, 0.6) is 0 Å². The molecular formula is C14H24N2O3. The Kier molecular flexibility index (Phi) is 4.02. The number of hydrogen-bond donors (Lipinski definition) is 2. The Hall–Kier alpha value is -1.26. The molecule has 19 heavy (non-hydrogen) atoms. The maximum atomic E-state index is 12.1. The maximum Gasteiger partial charge on any atom is 0.317 e. The van der Waals surface area contributed by atoms with Crippen molar-refractivity contribution in [3.8, 4) is 0 Å². The minimum atomic E-state index is -0.764. The molecule has 2 atom stereocenters. The van der Waals surface area contributed by atoms with Crippen LogP contribution < -0.4 is 5.32 Å². The van der Waals surface area contributed by atoms with E-state index in [1.54, 1.807) is 4.90 Å². The van der Waals surface area contributed by atoms with E-state index >= 15 is 0 Å². The molecule has 1 heterocycles. The lowest BCUT2D eigenvalue weighted by molar-refractivity contribution is -0.148. The second kappa shape index (κ2) is 5.39. The third-order valence-electron chi connectivity index (χ3n) is 4.50. The van der Waals surface area contributed by atoms with E-state index < -0.39 is 11.4 Å². The number of carboxylic acids is 1. The van der Waals surface area contributed by atoms with Crippen molar-refractivity contribution < 1.29 is 14.7 Å². The molecule has 2 unspecified atom stereocenters. The van der Waals surface area contributed by atoms with Crippen molar-refractivity contribution in [1.29, 1.82) is 0 Å². The Bertz CT molecular complexity index is 368. The number of nitrogens with one attached hydrogen (secondary N) is 1. The predicted octanol–water partition coefficient (Wildman–Crippen LogP) is 2.07. The third kappa shape index (κ3) is 3.01. The van der Waals surface area contributed by atoms with Crippen LogP contribution in [-0.2, 0) is 4.79 Å². The molecular weight excluding hydrogens is 244 g/mol. The molecule has 2 amide bonds. The van der Waals surface area contributed by atoms with Gasteiger partial charge in [0.2, 0.25) is 0 Å². The van der Waals surface area contributed by atoms with Gasteiger partial charge in [-0.2, -0.15) is 0 Å². The Morgan fingerprint density at radius 1 is 1.47 bits per heavy atom. The van der Waals surface area contributed by atoms with Gasteiger partial charge in [-0.1, -0.05) is 13.3 Å². The molecule has 5 heteroatoms. The maximum absolute atomic E-state index is 12.1. The zero-order valence-electron chi connectivity index (χ0n) is 11.8. The van der Waals surface area contributed by atoms with Crippen molar-refractivity contribution in [1.82, 2.24) is 10.2 Å². The molecule has 0 aromatic rings. The zero-order valence-corrected chi connectivity index (χ0v) is 11.8. The second-order valence-electron chi connectivity index (χ2n) is 6.08. The predicted molar refractivity (Wildman–Crippen MR) is 71.9 cm³/mol. The van der Waals surface area contributed by atoms with E-state index in [-0.39, 0.29) is 12.1 Å². The van der Waals surface area contributed by atoms with Gasteiger partial charge in [-0.25, -0.2) is 4.79 Å². The summed E-state index contributed by atoms with van der Waals surface area (Å²) in [6.45, 7) is 4.92. The van der Waals surface area contributed by atoms with Gasteiger partial charge in [0.15, 0.2) is 0 Å². The van der Waals surface area contributed by atoms with E-state index in [1.165, 1.54) is 12.8 Å². The van der Waals surface area contributed by atoms with Crippen LogP contribution in [-0.4, -0.2) is 41.1 Å². The zero-order chi connectivity index (χ0) is 14.0. The van der Waals surface area contributed by atoms with Crippen molar-refractivity contribution >= 4 is 12.0 Å². The largest absolute Gasteiger partial charge is 0.481 e. The summed E-state index contributed by atoms with van der Waals surface area (Å²) in [6.07, 6.45) is 4.43. The van der Waals surface area contributed by atoms with Crippen LogP contribution in [0.3, 0.4) is 0 Å². The minimum Gasteiger partial charge on any atom is -0.481 e. The van der Waals surface area contributed by atoms with Crippen LogP contribution in [0, 0.1) is 11.3 Å². The number of carbonyl (C=O) groups is 2. The molecule has 0 radical (unpaired) electrons. The number of rotatable bonds is 5. The molecule has 2 rings (SSSR count). The molecule has 5 nitrogen and oxygen atoms in total. The number of hydrogen-bond acceptors (Lipinski definition) is 2. The minimum absolute atomic E-state index is 0.0985. The first-order chi connectivity index (χ1) is 8.98. The van der Waals surface area contributed by atoms with Gasteiger partial charge in [-0.15, -0.1) is 0 Å². The van der Waals surface area contributed by atoms with Gasteiger partial charge in [0.25, 0.3) is 0 Å². The second-order valence-corrected chi connectivity index (χ2v) is 6.08. The highest BCUT2D eigenvalue weighted by Crippen LogP contribution is 2.36. The molecule has 108 valence electrons. The number of nitrogens with zero attached hydrogens (tertiary/aromatic N) is 1. The first-order valence-electron chi connectivity index (χ1n) is 7.27. The van der Waals surface area contributed by atoms with Gasteiger partial charge >= 0.3 is 12.0 Å². The summed E-state index contributed by atoms with van der Waals surface area (Å²) < 4.78 is 0. The molecule has 1 aliphatic heterocycles. The Morgan fingerprint density at radius 3 is 2.68 bits per heavy atom. The Balaban J connectivity index is 1.92. The molecule has 0 bridgehead atoms. The average molecular weight is 268 g/mol. The summed E-state index contributed by atoms with van der Waals surface area (Å²) >= 11 is 0. The summed E-state index contributed by atoms with van der Waals surface area (Å²) in [5.41, 5.74) is -0.727. The van der Waals surface area contributed by atoms with E-state index in [1.807, 2.05) is 13.8 Å². The van der Waals surface area contributed by atoms with Crippen molar-refractivity contribution in [3.05, 3.63) is 0 Å². The summed E-state index contributed by atoms with van der Waals surface area (Å²) in [5, 5.41) is 12.4. The Labute approximate surface area is 114 Å². The summed E-state index contributed by atoms with van der Waals surface area (Å²) in [7, 11) is 0. The standard InChI is InChI=1S/C14H24N2O3/c1-3-6-14(12(17)18)7-8-16(9-14)13(19)15-10(2)11-4-5-11/h10-11H,3-9H2,1-2H3,(H,15,19)(H,17,18). The van der Waals surface area contributed by atoms with Gasteiger partial charge in [-0.3, -0.25) is 4.79 Å². The van der Waals surface area contributed by atoms with E-state index in [0.717, 1.165) is 6.42 Å². The fourth-order valence-electron chi connectivity index (χ4n) is 3.01. The number of aliphatic carboxylic acids is 1. The van der Waals surface area contributed by atoms with E-state index in [9.17, 15) is 14.7 Å². The number of carbonyl (C=O) groups excluding carboxylic acids is 1. The van der Waals surface area contributed by atoms with Crippen LogP contribution in [0.15, 0.2) is 0 Å². The van der Waals surface area contributed by atoms with Crippen LogP contribution >= 0.6 is 0 Å². The molecule has 0 aromatic carbocycles. The first-order valence-corrected chi connectivity index (χ1v) is 7.27. The van der Waals surface area contributed by atoms with Crippen LogP contribution in [0.25, 0.3) is 0 Å². The highest BCUT2D eigenvalue weighted by Gasteiger charge is 2.45. The average Bonchev–Trinajstić information content (AvgIpc) is 3.11. The van der Waals surface area contributed by atoms with Crippen molar-refractivity contribution in [2.45, 2.75) is 52.0 Å². The van der Waals surface area contributed by atoms with Crippen molar-refractivity contribution in [3.63, 3.8) is 0 Å². The number of urea groups is 1. The van der Waals surface area contributed by atoms with Gasteiger partial charge in [-0.05, 0) is 38.5 Å². The fraction of sp³-hybridized carbons (Fsp3) is 0.857. The number of likely N-dealkylation sites (tertiary alicyclic amines) is 1. The molecule has 2 fully saturated rings. The normalized spacial score (nSPS) is 28.2. The molecule has 1 saturated carbocycles. The van der Waals surface area contributed by atoms with Gasteiger partial charge in [0, 0.05) is 19.1 Å². The topological polar surface area (TPSA) is 69.6 Å². The van der Waals surface area contributed by atoms with Crippen LogP contribution in [0.1, 0.15) is 46.0 Å². The smallest absolute Gasteiger partial charge is 0.317 e. The molecule has 0 aromatic heterocycles. The Morgan fingerprint density at radius 2 is 2.16 bits per heavy atom.